The number of hydrogen-bond donors (Lipinski definition) is 2. The Hall–Kier alpha value is -1.87. The van der Waals surface area contributed by atoms with Crippen LogP contribution in [0.3, 0.4) is 0 Å². The third kappa shape index (κ3) is 1.82. The van der Waals surface area contributed by atoms with Crippen LogP contribution < -0.4 is 0 Å². The molecule has 15 heavy (non-hydrogen) atoms. The van der Waals surface area contributed by atoms with Gasteiger partial charge in [-0.3, -0.25) is 4.98 Å². The van der Waals surface area contributed by atoms with Crippen molar-refractivity contribution in [3.8, 4) is 16.9 Å². The van der Waals surface area contributed by atoms with Crippen LogP contribution in [-0.4, -0.2) is 15.2 Å². The van der Waals surface area contributed by atoms with Gasteiger partial charge in [-0.15, -0.1) is 0 Å². The van der Waals surface area contributed by atoms with E-state index in [1.54, 1.807) is 6.20 Å². The maximum absolute atomic E-state index is 9.70. The zero-order chi connectivity index (χ0) is 10.7. The Morgan fingerprint density at radius 3 is 2.47 bits per heavy atom. The number of aliphatic hydroxyl groups excluding tert-OH is 1. The summed E-state index contributed by atoms with van der Waals surface area (Å²) in [5.74, 6) is 0.0905. The van der Waals surface area contributed by atoms with E-state index in [4.69, 9.17) is 5.11 Å². The topological polar surface area (TPSA) is 53.4 Å². The fourth-order valence-electron chi connectivity index (χ4n) is 1.55. The Kier molecular flexibility index (Phi) is 2.65. The lowest BCUT2D eigenvalue weighted by atomic mass is 10.0. The molecule has 1 heterocycles. The number of rotatable bonds is 2. The van der Waals surface area contributed by atoms with Gasteiger partial charge in [-0.2, -0.15) is 0 Å². The Bertz CT molecular complexity index is 454. The minimum absolute atomic E-state index is 0.0905. The smallest absolute Gasteiger partial charge is 0.142 e. The molecule has 3 heteroatoms. The maximum atomic E-state index is 9.70. The lowest BCUT2D eigenvalue weighted by Gasteiger charge is -2.08. The van der Waals surface area contributed by atoms with Crippen LogP contribution in [0.15, 0.2) is 42.7 Å². The minimum atomic E-state index is -0.133. The number of nitrogens with zero attached hydrogens (tertiary/aromatic N) is 1. The van der Waals surface area contributed by atoms with Gasteiger partial charge in [0, 0.05) is 17.3 Å². The molecule has 3 nitrogen and oxygen atoms in total. The van der Waals surface area contributed by atoms with Crippen molar-refractivity contribution >= 4 is 0 Å². The largest absolute Gasteiger partial charge is 0.506 e. The predicted octanol–water partition coefficient (Wildman–Crippen LogP) is 1.95. The second kappa shape index (κ2) is 4.11. The van der Waals surface area contributed by atoms with E-state index in [2.05, 4.69) is 4.98 Å². The molecule has 1 aromatic carbocycles. The monoisotopic (exact) mass is 201 g/mol. The van der Waals surface area contributed by atoms with Crippen LogP contribution in [0.4, 0.5) is 0 Å². The van der Waals surface area contributed by atoms with Crippen LogP contribution in [0.5, 0.6) is 5.75 Å². The highest BCUT2D eigenvalue weighted by Gasteiger charge is 2.09. The van der Waals surface area contributed by atoms with Gasteiger partial charge >= 0.3 is 0 Å². The number of aliphatic hydroxyl groups is 1. The molecule has 1 aromatic heterocycles. The molecule has 0 amide bonds. The maximum Gasteiger partial charge on any atom is 0.142 e. The van der Waals surface area contributed by atoms with Crippen molar-refractivity contribution < 1.29 is 10.2 Å². The molecule has 0 spiro atoms. The van der Waals surface area contributed by atoms with Gasteiger partial charge in [0.25, 0.3) is 0 Å². The third-order valence-corrected chi connectivity index (χ3v) is 2.24. The summed E-state index contributed by atoms with van der Waals surface area (Å²) >= 11 is 0. The Morgan fingerprint density at radius 1 is 1.07 bits per heavy atom. The molecule has 2 aromatic rings. The number of hydrogen-bond acceptors (Lipinski definition) is 3. The zero-order valence-corrected chi connectivity index (χ0v) is 8.09. The Balaban J connectivity index is 2.61. The number of benzene rings is 1. The highest BCUT2D eigenvalue weighted by Crippen LogP contribution is 2.31. The number of pyridine rings is 1. The molecule has 0 fully saturated rings. The molecular formula is C12H11NO2. The van der Waals surface area contributed by atoms with E-state index in [1.165, 1.54) is 6.20 Å². The van der Waals surface area contributed by atoms with E-state index in [0.717, 1.165) is 5.56 Å². The fourth-order valence-corrected chi connectivity index (χ4v) is 1.55. The van der Waals surface area contributed by atoms with Crippen molar-refractivity contribution in [1.82, 2.24) is 4.98 Å². The van der Waals surface area contributed by atoms with Gasteiger partial charge in [-0.05, 0) is 5.56 Å². The third-order valence-electron chi connectivity index (χ3n) is 2.24. The molecule has 0 unspecified atom stereocenters. The van der Waals surface area contributed by atoms with Gasteiger partial charge in [-0.1, -0.05) is 30.3 Å². The van der Waals surface area contributed by atoms with Crippen LogP contribution in [0.25, 0.3) is 11.1 Å². The standard InChI is InChI=1S/C12H11NO2/c14-8-10-6-13-7-11(15)12(10)9-4-2-1-3-5-9/h1-7,14-15H,8H2. The van der Waals surface area contributed by atoms with Crippen molar-refractivity contribution in [2.24, 2.45) is 0 Å². The summed E-state index contributed by atoms with van der Waals surface area (Å²) in [6, 6.07) is 9.44. The van der Waals surface area contributed by atoms with E-state index >= 15 is 0 Å². The summed E-state index contributed by atoms with van der Waals surface area (Å²) in [5, 5.41) is 18.9. The van der Waals surface area contributed by atoms with Crippen LogP contribution in [0, 0.1) is 0 Å². The molecule has 2 rings (SSSR count). The summed E-state index contributed by atoms with van der Waals surface area (Å²) in [4.78, 5) is 3.83. The van der Waals surface area contributed by atoms with Gasteiger partial charge < -0.3 is 10.2 Å². The summed E-state index contributed by atoms with van der Waals surface area (Å²) in [7, 11) is 0. The highest BCUT2D eigenvalue weighted by atomic mass is 16.3. The van der Waals surface area contributed by atoms with Crippen molar-refractivity contribution in [2.45, 2.75) is 6.61 Å². The molecule has 76 valence electrons. The summed E-state index contributed by atoms with van der Waals surface area (Å²) in [6.45, 7) is -0.133. The van der Waals surface area contributed by atoms with Gasteiger partial charge in [-0.25, -0.2) is 0 Å². The molecule has 2 N–H and O–H groups in total. The van der Waals surface area contributed by atoms with Crippen LogP contribution in [-0.2, 0) is 6.61 Å². The highest BCUT2D eigenvalue weighted by molar-refractivity contribution is 5.72. The molecule has 0 aliphatic carbocycles. The summed E-state index contributed by atoms with van der Waals surface area (Å²) in [5.41, 5.74) is 2.15. The molecule has 0 bridgehead atoms. The molecule has 0 aliphatic heterocycles. The second-order valence-corrected chi connectivity index (χ2v) is 3.22. The fraction of sp³-hybridized carbons (Fsp3) is 0.0833. The first-order valence-electron chi connectivity index (χ1n) is 4.65. The normalized spacial score (nSPS) is 10.2. The first kappa shape index (κ1) is 9.68. The molecule has 0 saturated carbocycles. The summed E-state index contributed by atoms with van der Waals surface area (Å²) < 4.78 is 0. The average molecular weight is 201 g/mol. The van der Waals surface area contributed by atoms with Gasteiger partial charge in [0.05, 0.1) is 12.8 Å². The lowest BCUT2D eigenvalue weighted by molar-refractivity contribution is 0.281. The SMILES string of the molecule is OCc1cncc(O)c1-c1ccccc1. The van der Waals surface area contributed by atoms with Crippen LogP contribution >= 0.6 is 0 Å². The Morgan fingerprint density at radius 2 is 1.80 bits per heavy atom. The number of aromatic hydroxyl groups is 1. The van der Waals surface area contributed by atoms with Crippen molar-refractivity contribution in [2.75, 3.05) is 0 Å². The van der Waals surface area contributed by atoms with Gasteiger partial charge in [0.1, 0.15) is 5.75 Å². The first-order valence-corrected chi connectivity index (χ1v) is 4.65. The van der Waals surface area contributed by atoms with Crippen molar-refractivity contribution in [3.05, 3.63) is 48.3 Å². The molecule has 0 aliphatic rings. The predicted molar refractivity (Wildman–Crippen MR) is 57.3 cm³/mol. The van der Waals surface area contributed by atoms with Crippen molar-refractivity contribution in [1.29, 1.82) is 0 Å². The van der Waals surface area contributed by atoms with E-state index in [9.17, 15) is 5.11 Å². The molecular weight excluding hydrogens is 190 g/mol. The van der Waals surface area contributed by atoms with E-state index in [-0.39, 0.29) is 12.4 Å². The quantitative estimate of drug-likeness (QED) is 0.780. The van der Waals surface area contributed by atoms with E-state index in [1.807, 2.05) is 30.3 Å². The lowest BCUT2D eigenvalue weighted by Crippen LogP contribution is -1.91. The molecule has 0 saturated heterocycles. The van der Waals surface area contributed by atoms with Crippen LogP contribution in [0.2, 0.25) is 0 Å². The number of aromatic nitrogens is 1. The van der Waals surface area contributed by atoms with Gasteiger partial charge in [0.15, 0.2) is 0 Å². The van der Waals surface area contributed by atoms with Crippen molar-refractivity contribution in [3.63, 3.8) is 0 Å². The van der Waals surface area contributed by atoms with Gasteiger partial charge in [0.2, 0.25) is 0 Å². The molecule has 0 atom stereocenters. The zero-order valence-electron chi connectivity index (χ0n) is 8.09. The van der Waals surface area contributed by atoms with E-state index < -0.39 is 0 Å². The molecule has 0 radical (unpaired) electrons. The first-order chi connectivity index (χ1) is 7.33. The van der Waals surface area contributed by atoms with E-state index in [0.29, 0.717) is 11.1 Å². The second-order valence-electron chi connectivity index (χ2n) is 3.22. The average Bonchev–Trinajstić information content (AvgIpc) is 2.29. The van der Waals surface area contributed by atoms with Crippen LogP contribution in [0.1, 0.15) is 5.56 Å². The minimum Gasteiger partial charge on any atom is -0.506 e. The Labute approximate surface area is 87.7 Å². The summed E-state index contributed by atoms with van der Waals surface area (Å²) in [6.07, 6.45) is 2.93.